The minimum atomic E-state index is -0.521. The summed E-state index contributed by atoms with van der Waals surface area (Å²) in [7, 11) is 0. The number of hydrogen-bond acceptors (Lipinski definition) is 4. The number of ether oxygens (including phenoxy) is 2. The van der Waals surface area contributed by atoms with Gasteiger partial charge in [-0.3, -0.25) is 0 Å². The smallest absolute Gasteiger partial charge is 0.331 e. The van der Waals surface area contributed by atoms with Gasteiger partial charge in [-0.2, -0.15) is 0 Å². The Bertz CT molecular complexity index is 505. The lowest BCUT2D eigenvalue weighted by Crippen LogP contribution is -2.21. The lowest BCUT2D eigenvalue weighted by molar-refractivity contribution is -0.146. The van der Waals surface area contributed by atoms with Gasteiger partial charge in [-0.15, -0.1) is 0 Å². The molecule has 0 amide bonds. The average Bonchev–Trinajstić information content (AvgIpc) is 2.55. The van der Waals surface area contributed by atoms with E-state index in [9.17, 15) is 9.59 Å². The van der Waals surface area contributed by atoms with Crippen molar-refractivity contribution in [1.82, 2.24) is 0 Å². The van der Waals surface area contributed by atoms with Crippen molar-refractivity contribution in [2.45, 2.75) is 46.1 Å². The van der Waals surface area contributed by atoms with Gasteiger partial charge >= 0.3 is 11.9 Å². The van der Waals surface area contributed by atoms with Crippen LogP contribution in [0.1, 0.15) is 39.2 Å². The van der Waals surface area contributed by atoms with E-state index in [-0.39, 0.29) is 12.0 Å². The monoisotopic (exact) mass is 318 g/mol. The Morgan fingerprint density at radius 2 is 1.74 bits per heavy atom. The molecule has 0 aliphatic rings. The van der Waals surface area contributed by atoms with Crippen molar-refractivity contribution >= 4 is 11.9 Å². The zero-order valence-corrected chi connectivity index (χ0v) is 14.2. The Labute approximate surface area is 138 Å². The lowest BCUT2D eigenvalue weighted by atomic mass is 10.1. The molecular formula is C19H26O4. The summed E-state index contributed by atoms with van der Waals surface area (Å²) in [5.74, 6) is -0.776. The van der Waals surface area contributed by atoms with Crippen molar-refractivity contribution in [3.05, 3.63) is 48.0 Å². The second-order valence-corrected chi connectivity index (χ2v) is 5.72. The molecule has 0 radical (unpaired) electrons. The van der Waals surface area contributed by atoms with Gasteiger partial charge in [0.1, 0.15) is 6.10 Å². The first-order chi connectivity index (χ1) is 11.0. The molecule has 0 aliphatic heterocycles. The molecule has 0 saturated carbocycles. The van der Waals surface area contributed by atoms with Crippen molar-refractivity contribution in [1.29, 1.82) is 0 Å². The highest BCUT2D eigenvalue weighted by Gasteiger charge is 2.14. The van der Waals surface area contributed by atoms with Crippen LogP contribution in [-0.4, -0.2) is 24.6 Å². The van der Waals surface area contributed by atoms with Crippen molar-refractivity contribution < 1.29 is 19.1 Å². The van der Waals surface area contributed by atoms with Crippen LogP contribution in [0.4, 0.5) is 0 Å². The average molecular weight is 318 g/mol. The lowest BCUT2D eigenvalue weighted by Gasteiger charge is -2.18. The third-order valence-corrected chi connectivity index (χ3v) is 3.47. The molecule has 1 unspecified atom stereocenters. The first kappa shape index (κ1) is 18.9. The fraction of sp³-hybridized carbons (Fsp3) is 0.474. The molecule has 1 aromatic carbocycles. The van der Waals surface area contributed by atoms with Crippen molar-refractivity contribution in [2.24, 2.45) is 5.92 Å². The van der Waals surface area contributed by atoms with E-state index >= 15 is 0 Å². The van der Waals surface area contributed by atoms with E-state index in [1.165, 1.54) is 5.56 Å². The zero-order valence-electron chi connectivity index (χ0n) is 14.2. The zero-order chi connectivity index (χ0) is 17.1. The van der Waals surface area contributed by atoms with Gasteiger partial charge in [-0.1, -0.05) is 51.1 Å². The summed E-state index contributed by atoms with van der Waals surface area (Å²) in [5, 5.41) is 0. The van der Waals surface area contributed by atoms with Crippen LogP contribution in [0.15, 0.2) is 42.5 Å². The number of rotatable bonds is 9. The normalized spacial score (nSPS) is 12.3. The molecule has 0 N–H and O–H groups in total. The predicted molar refractivity (Wildman–Crippen MR) is 89.9 cm³/mol. The van der Waals surface area contributed by atoms with E-state index in [1.807, 2.05) is 51.1 Å². The van der Waals surface area contributed by atoms with Gasteiger partial charge in [0.2, 0.25) is 0 Å². The summed E-state index contributed by atoms with van der Waals surface area (Å²) in [6.45, 7) is 6.28. The summed E-state index contributed by atoms with van der Waals surface area (Å²) in [5.41, 5.74) is 1.21. The first-order valence-corrected chi connectivity index (χ1v) is 8.12. The first-order valence-electron chi connectivity index (χ1n) is 8.12. The molecule has 0 saturated heterocycles. The SMILES string of the molecule is CCC(OC(=O)/C=C/C(=O)OCCCc1ccccc1)C(C)C. The second kappa shape index (κ2) is 10.6. The molecule has 4 nitrogen and oxygen atoms in total. The largest absolute Gasteiger partial charge is 0.463 e. The van der Waals surface area contributed by atoms with E-state index in [1.54, 1.807) is 0 Å². The Kier molecular flexibility index (Phi) is 8.73. The maximum Gasteiger partial charge on any atom is 0.331 e. The van der Waals surface area contributed by atoms with Gasteiger partial charge in [0, 0.05) is 12.2 Å². The molecule has 1 aromatic rings. The third kappa shape index (κ3) is 8.19. The van der Waals surface area contributed by atoms with Crippen LogP contribution >= 0.6 is 0 Å². The van der Waals surface area contributed by atoms with Crippen LogP contribution in [0.5, 0.6) is 0 Å². The molecule has 0 fully saturated rings. The quantitative estimate of drug-likeness (QED) is 0.396. The van der Waals surface area contributed by atoms with Crippen LogP contribution < -0.4 is 0 Å². The Hall–Kier alpha value is -2.10. The third-order valence-electron chi connectivity index (χ3n) is 3.47. The number of aryl methyl sites for hydroxylation is 1. The minimum absolute atomic E-state index is 0.131. The van der Waals surface area contributed by atoms with Gasteiger partial charge in [-0.25, -0.2) is 9.59 Å². The molecule has 0 bridgehead atoms. The molecule has 0 heterocycles. The molecule has 126 valence electrons. The summed E-state index contributed by atoms with van der Waals surface area (Å²) in [6, 6.07) is 10.0. The molecule has 23 heavy (non-hydrogen) atoms. The molecule has 0 aromatic heterocycles. The summed E-state index contributed by atoms with van der Waals surface area (Å²) in [6.07, 6.45) is 4.48. The molecule has 0 spiro atoms. The van der Waals surface area contributed by atoms with Gasteiger partial charge < -0.3 is 9.47 Å². The van der Waals surface area contributed by atoms with Gasteiger partial charge in [-0.05, 0) is 30.7 Å². The Morgan fingerprint density at radius 3 is 2.35 bits per heavy atom. The van der Waals surface area contributed by atoms with Crippen LogP contribution in [-0.2, 0) is 25.5 Å². The van der Waals surface area contributed by atoms with E-state index < -0.39 is 11.9 Å². The molecule has 1 rings (SSSR count). The highest BCUT2D eigenvalue weighted by atomic mass is 16.5. The molecule has 4 heteroatoms. The maximum atomic E-state index is 11.6. The summed E-state index contributed by atoms with van der Waals surface area (Å²) in [4.78, 5) is 23.2. The van der Waals surface area contributed by atoms with Crippen LogP contribution in [0.2, 0.25) is 0 Å². The fourth-order valence-corrected chi connectivity index (χ4v) is 2.16. The van der Waals surface area contributed by atoms with Gasteiger partial charge in [0.25, 0.3) is 0 Å². The highest BCUT2D eigenvalue weighted by Crippen LogP contribution is 2.10. The van der Waals surface area contributed by atoms with E-state index in [0.717, 1.165) is 31.4 Å². The van der Waals surface area contributed by atoms with Gasteiger partial charge in [0.15, 0.2) is 0 Å². The highest BCUT2D eigenvalue weighted by molar-refractivity contribution is 5.91. The number of carbonyl (C=O) groups is 2. The van der Waals surface area contributed by atoms with E-state index in [2.05, 4.69) is 0 Å². The van der Waals surface area contributed by atoms with Crippen molar-refractivity contribution in [2.75, 3.05) is 6.61 Å². The molecular weight excluding hydrogens is 292 g/mol. The van der Waals surface area contributed by atoms with E-state index in [0.29, 0.717) is 6.61 Å². The maximum absolute atomic E-state index is 11.6. The summed E-state index contributed by atoms with van der Waals surface area (Å²) >= 11 is 0. The van der Waals surface area contributed by atoms with Crippen molar-refractivity contribution in [3.63, 3.8) is 0 Å². The second-order valence-electron chi connectivity index (χ2n) is 5.72. The number of benzene rings is 1. The standard InChI is InChI=1S/C19H26O4/c1-4-17(15(2)3)23-19(21)13-12-18(20)22-14-8-11-16-9-6-5-7-10-16/h5-7,9-10,12-13,15,17H,4,8,11,14H2,1-3H3/b13-12+. The van der Waals surface area contributed by atoms with Gasteiger partial charge in [0.05, 0.1) is 6.61 Å². The van der Waals surface area contributed by atoms with Crippen LogP contribution in [0.3, 0.4) is 0 Å². The molecule has 0 aliphatic carbocycles. The van der Waals surface area contributed by atoms with Crippen LogP contribution in [0.25, 0.3) is 0 Å². The number of hydrogen-bond donors (Lipinski definition) is 0. The Morgan fingerprint density at radius 1 is 1.09 bits per heavy atom. The van der Waals surface area contributed by atoms with Crippen molar-refractivity contribution in [3.8, 4) is 0 Å². The Balaban J connectivity index is 2.23. The summed E-state index contributed by atoms with van der Waals surface area (Å²) < 4.78 is 10.3. The topological polar surface area (TPSA) is 52.6 Å². The van der Waals surface area contributed by atoms with Crippen LogP contribution in [0, 0.1) is 5.92 Å². The van der Waals surface area contributed by atoms with E-state index in [4.69, 9.17) is 9.47 Å². The fourth-order valence-electron chi connectivity index (χ4n) is 2.16. The number of carbonyl (C=O) groups excluding carboxylic acids is 2. The molecule has 1 atom stereocenters. The predicted octanol–water partition coefficient (Wildman–Crippen LogP) is 3.70. The minimum Gasteiger partial charge on any atom is -0.463 e. The number of esters is 2.